The number of aromatic nitrogens is 4. The molecule has 0 saturated carbocycles. The van der Waals surface area contributed by atoms with Gasteiger partial charge in [-0.05, 0) is 54.1 Å². The van der Waals surface area contributed by atoms with Gasteiger partial charge in [0.1, 0.15) is 0 Å². The molecule has 0 unspecified atom stereocenters. The van der Waals surface area contributed by atoms with E-state index in [1.807, 2.05) is 34.9 Å². The molecule has 29 heavy (non-hydrogen) atoms. The number of benzene rings is 1. The van der Waals surface area contributed by atoms with E-state index in [1.54, 1.807) is 0 Å². The van der Waals surface area contributed by atoms with Gasteiger partial charge in [-0.2, -0.15) is 0 Å². The Hall–Kier alpha value is -3.47. The van der Waals surface area contributed by atoms with Crippen LogP contribution in [0.15, 0.2) is 73.2 Å². The van der Waals surface area contributed by atoms with Gasteiger partial charge in [-0.3, -0.25) is 9.38 Å². The number of allylic oxidation sites excluding steroid dienone is 2. The van der Waals surface area contributed by atoms with Crippen LogP contribution >= 0.6 is 0 Å². The smallest absolute Gasteiger partial charge is 0.169 e. The van der Waals surface area contributed by atoms with Crippen LogP contribution in [0.2, 0.25) is 0 Å². The van der Waals surface area contributed by atoms with E-state index in [0.29, 0.717) is 0 Å². The Bertz CT molecular complexity index is 1230. The Morgan fingerprint density at radius 1 is 1.07 bits per heavy atom. The second kappa shape index (κ2) is 7.51. The first kappa shape index (κ1) is 17.6. The zero-order valence-corrected chi connectivity index (χ0v) is 16.5. The molecule has 0 N–H and O–H groups in total. The van der Waals surface area contributed by atoms with Crippen molar-refractivity contribution < 1.29 is 0 Å². The third-order valence-electron chi connectivity index (χ3n) is 5.44. The second-order valence-corrected chi connectivity index (χ2v) is 7.37. The fraction of sp³-hybridized carbons (Fsp3) is 0.208. The zero-order chi connectivity index (χ0) is 19.6. The summed E-state index contributed by atoms with van der Waals surface area (Å²) in [6.07, 6.45) is 13.0. The molecule has 5 heteroatoms. The molecule has 0 saturated heterocycles. The van der Waals surface area contributed by atoms with Crippen LogP contribution in [-0.2, 0) is 0 Å². The number of para-hydroxylation sites is 1. The van der Waals surface area contributed by atoms with Gasteiger partial charge >= 0.3 is 0 Å². The summed E-state index contributed by atoms with van der Waals surface area (Å²) in [5, 5.41) is 10.0. The van der Waals surface area contributed by atoms with Gasteiger partial charge in [0.25, 0.3) is 0 Å². The van der Waals surface area contributed by atoms with Gasteiger partial charge in [-0.15, -0.1) is 10.2 Å². The molecule has 5 nitrogen and oxygen atoms in total. The number of pyridine rings is 2. The number of unbranched alkanes of at least 4 members (excludes halogenated alkanes) is 1. The fourth-order valence-corrected chi connectivity index (χ4v) is 3.82. The van der Waals surface area contributed by atoms with Gasteiger partial charge in [0.05, 0.1) is 5.52 Å². The zero-order valence-electron chi connectivity index (χ0n) is 16.5. The molecule has 0 spiro atoms. The summed E-state index contributed by atoms with van der Waals surface area (Å²) >= 11 is 0. The highest BCUT2D eigenvalue weighted by Gasteiger charge is 2.13. The summed E-state index contributed by atoms with van der Waals surface area (Å²) in [5.41, 5.74) is 5.25. The normalized spacial score (nSPS) is 14.0. The lowest BCUT2D eigenvalue weighted by atomic mass is 10.0. The lowest BCUT2D eigenvalue weighted by Crippen LogP contribution is -2.20. The average Bonchev–Trinajstić information content (AvgIpc) is 3.21. The standard InChI is InChI=1S/C24H23N5/c1-2-3-13-28-14-9-18(10-15-28)19-11-16-29-23(17-19)26-27-24(29)21-8-12-25-22-7-5-4-6-20(21)22/h4-12,14,16-17H,2-3,13,15H2,1H3. The van der Waals surface area contributed by atoms with Gasteiger partial charge < -0.3 is 4.90 Å². The molecule has 0 radical (unpaired) electrons. The first-order valence-corrected chi connectivity index (χ1v) is 10.1. The molecule has 0 aliphatic carbocycles. The molecule has 0 atom stereocenters. The molecule has 0 fully saturated rings. The van der Waals surface area contributed by atoms with Crippen LogP contribution in [-0.4, -0.2) is 37.6 Å². The minimum Gasteiger partial charge on any atom is -0.374 e. The summed E-state index contributed by atoms with van der Waals surface area (Å²) < 4.78 is 2.05. The van der Waals surface area contributed by atoms with Crippen molar-refractivity contribution in [2.45, 2.75) is 19.8 Å². The van der Waals surface area contributed by atoms with Crippen LogP contribution in [0.1, 0.15) is 25.3 Å². The largest absolute Gasteiger partial charge is 0.374 e. The predicted molar refractivity (Wildman–Crippen MR) is 117 cm³/mol. The summed E-state index contributed by atoms with van der Waals surface area (Å²) in [5.74, 6) is 0.837. The molecule has 0 bridgehead atoms. The SMILES string of the molecule is CCCCN1C=CC(c2ccn3c(-c4ccnc5ccccc45)nnc3c2)=CC1. The number of fused-ring (bicyclic) bond motifs is 2. The van der Waals surface area contributed by atoms with E-state index in [0.717, 1.165) is 41.0 Å². The Morgan fingerprint density at radius 3 is 2.86 bits per heavy atom. The van der Waals surface area contributed by atoms with Gasteiger partial charge in [0.2, 0.25) is 0 Å². The number of rotatable bonds is 5. The molecule has 0 amide bonds. The van der Waals surface area contributed by atoms with Crippen molar-refractivity contribution >= 4 is 22.1 Å². The monoisotopic (exact) mass is 381 g/mol. The van der Waals surface area contributed by atoms with Crippen molar-refractivity contribution in [1.29, 1.82) is 0 Å². The third-order valence-corrected chi connectivity index (χ3v) is 5.44. The second-order valence-electron chi connectivity index (χ2n) is 7.37. The first-order valence-electron chi connectivity index (χ1n) is 10.1. The molecular weight excluding hydrogens is 358 g/mol. The first-order chi connectivity index (χ1) is 14.3. The number of hydrogen-bond acceptors (Lipinski definition) is 4. The maximum atomic E-state index is 4.49. The van der Waals surface area contributed by atoms with Crippen LogP contribution in [0, 0.1) is 0 Å². The summed E-state index contributed by atoms with van der Waals surface area (Å²) in [6, 6.07) is 14.4. The van der Waals surface area contributed by atoms with E-state index in [4.69, 9.17) is 0 Å². The van der Waals surface area contributed by atoms with Crippen molar-refractivity contribution in [2.24, 2.45) is 0 Å². The van der Waals surface area contributed by atoms with Gasteiger partial charge in [0.15, 0.2) is 11.5 Å². The van der Waals surface area contributed by atoms with E-state index >= 15 is 0 Å². The lowest BCUT2D eigenvalue weighted by molar-refractivity contribution is 0.402. The highest BCUT2D eigenvalue weighted by molar-refractivity contribution is 5.92. The fourth-order valence-electron chi connectivity index (χ4n) is 3.82. The molecule has 1 aliphatic rings. The molecule has 4 heterocycles. The third kappa shape index (κ3) is 3.29. The Morgan fingerprint density at radius 2 is 2.00 bits per heavy atom. The Kier molecular flexibility index (Phi) is 4.56. The van der Waals surface area contributed by atoms with Crippen molar-refractivity contribution in [3.05, 3.63) is 78.8 Å². The Labute approximate surface area is 170 Å². The summed E-state index contributed by atoms with van der Waals surface area (Å²) in [7, 11) is 0. The van der Waals surface area contributed by atoms with Gasteiger partial charge in [0, 0.05) is 36.4 Å². The van der Waals surface area contributed by atoms with E-state index in [2.05, 4.69) is 69.8 Å². The highest BCUT2D eigenvalue weighted by Crippen LogP contribution is 2.28. The van der Waals surface area contributed by atoms with Gasteiger partial charge in [-0.25, -0.2) is 0 Å². The molecule has 5 rings (SSSR count). The maximum Gasteiger partial charge on any atom is 0.169 e. The van der Waals surface area contributed by atoms with Crippen LogP contribution < -0.4 is 0 Å². The molecular formula is C24H23N5. The molecule has 3 aromatic heterocycles. The molecule has 1 aliphatic heterocycles. The molecule has 1 aromatic carbocycles. The maximum absolute atomic E-state index is 4.49. The predicted octanol–water partition coefficient (Wildman–Crippen LogP) is 4.96. The lowest BCUT2D eigenvalue weighted by Gasteiger charge is -2.22. The van der Waals surface area contributed by atoms with E-state index in [9.17, 15) is 0 Å². The van der Waals surface area contributed by atoms with Crippen LogP contribution in [0.4, 0.5) is 0 Å². The topological polar surface area (TPSA) is 46.3 Å². The van der Waals surface area contributed by atoms with E-state index in [1.165, 1.54) is 24.0 Å². The van der Waals surface area contributed by atoms with E-state index < -0.39 is 0 Å². The number of nitrogens with zero attached hydrogens (tertiary/aromatic N) is 5. The van der Waals surface area contributed by atoms with E-state index in [-0.39, 0.29) is 0 Å². The quantitative estimate of drug-likeness (QED) is 0.490. The van der Waals surface area contributed by atoms with Crippen molar-refractivity contribution in [3.63, 3.8) is 0 Å². The molecule has 144 valence electrons. The number of hydrogen-bond donors (Lipinski definition) is 0. The van der Waals surface area contributed by atoms with Crippen LogP contribution in [0.5, 0.6) is 0 Å². The highest BCUT2D eigenvalue weighted by atomic mass is 15.2. The Balaban J connectivity index is 1.48. The van der Waals surface area contributed by atoms with Crippen molar-refractivity contribution in [2.75, 3.05) is 13.1 Å². The summed E-state index contributed by atoms with van der Waals surface area (Å²) in [4.78, 5) is 6.81. The molecule has 4 aromatic rings. The summed E-state index contributed by atoms with van der Waals surface area (Å²) in [6.45, 7) is 4.30. The minimum atomic E-state index is 0.837. The van der Waals surface area contributed by atoms with Crippen molar-refractivity contribution in [1.82, 2.24) is 24.5 Å². The van der Waals surface area contributed by atoms with Crippen molar-refractivity contribution in [3.8, 4) is 11.4 Å². The average molecular weight is 381 g/mol. The van der Waals surface area contributed by atoms with Crippen LogP contribution in [0.25, 0.3) is 33.5 Å². The van der Waals surface area contributed by atoms with Gasteiger partial charge in [-0.1, -0.05) is 37.6 Å². The van der Waals surface area contributed by atoms with Crippen LogP contribution in [0.3, 0.4) is 0 Å². The minimum absolute atomic E-state index is 0.837.